The van der Waals surface area contributed by atoms with Crippen LogP contribution in [0.4, 0.5) is 0 Å². The zero-order valence-corrected chi connectivity index (χ0v) is 16.5. The van der Waals surface area contributed by atoms with Crippen molar-refractivity contribution in [3.63, 3.8) is 0 Å². The van der Waals surface area contributed by atoms with E-state index in [4.69, 9.17) is 27.9 Å². The minimum atomic E-state index is 0.159. The summed E-state index contributed by atoms with van der Waals surface area (Å²) in [6.45, 7) is 0. The molecule has 4 nitrogen and oxygen atoms in total. The maximum atomic E-state index is 12.9. The highest BCUT2D eigenvalue weighted by Crippen LogP contribution is 2.38. The summed E-state index contributed by atoms with van der Waals surface area (Å²) in [5.41, 5.74) is 0.859. The van der Waals surface area contributed by atoms with Crippen molar-refractivity contribution in [3.05, 3.63) is 58.3 Å². The number of hydrogen-bond donors (Lipinski definition) is 0. The average Bonchev–Trinajstić information content (AvgIpc) is 2.93. The van der Waals surface area contributed by atoms with Crippen LogP contribution in [0.5, 0.6) is 5.75 Å². The quantitative estimate of drug-likeness (QED) is 0.709. The number of amides is 1. The van der Waals surface area contributed by atoms with Gasteiger partial charge in [-0.05, 0) is 49.1 Å². The van der Waals surface area contributed by atoms with E-state index in [1.54, 1.807) is 12.4 Å². The van der Waals surface area contributed by atoms with Gasteiger partial charge < -0.3 is 9.64 Å². The highest BCUT2D eigenvalue weighted by atomic mass is 35.5. The average molecular weight is 405 g/mol. The Morgan fingerprint density at radius 2 is 1.70 bits per heavy atom. The van der Waals surface area contributed by atoms with Crippen molar-refractivity contribution in [2.75, 3.05) is 0 Å². The summed E-state index contributed by atoms with van der Waals surface area (Å²) >= 11 is 12.5. The summed E-state index contributed by atoms with van der Waals surface area (Å²) in [6.07, 6.45) is 8.53. The summed E-state index contributed by atoms with van der Waals surface area (Å²) in [6, 6.07) is 9.76. The fraction of sp³-hybridized carbons (Fsp3) is 0.429. The molecule has 0 saturated carbocycles. The van der Waals surface area contributed by atoms with Crippen molar-refractivity contribution in [2.24, 2.45) is 0 Å². The summed E-state index contributed by atoms with van der Waals surface area (Å²) in [5.74, 6) is 1.04. The lowest BCUT2D eigenvalue weighted by molar-refractivity contribution is -0.137. The first-order chi connectivity index (χ1) is 13.1. The van der Waals surface area contributed by atoms with E-state index < -0.39 is 0 Å². The molecule has 142 valence electrons. The van der Waals surface area contributed by atoms with E-state index >= 15 is 0 Å². The number of carbonyl (C=O) groups is 1. The molecule has 2 saturated heterocycles. The highest BCUT2D eigenvalue weighted by molar-refractivity contribution is 6.36. The number of rotatable bonds is 5. The minimum absolute atomic E-state index is 0.159. The largest absolute Gasteiger partial charge is 0.490 e. The lowest BCUT2D eigenvalue weighted by Crippen LogP contribution is -2.49. The van der Waals surface area contributed by atoms with Crippen LogP contribution in [0, 0.1) is 0 Å². The Morgan fingerprint density at radius 3 is 2.33 bits per heavy atom. The Hall–Kier alpha value is -1.78. The lowest BCUT2D eigenvalue weighted by atomic mass is 9.98. The fourth-order valence-corrected chi connectivity index (χ4v) is 4.96. The van der Waals surface area contributed by atoms with Gasteiger partial charge in [-0.2, -0.15) is 0 Å². The molecule has 2 bridgehead atoms. The van der Waals surface area contributed by atoms with Crippen LogP contribution in [0.1, 0.15) is 37.7 Å². The zero-order valence-electron chi connectivity index (χ0n) is 15.0. The van der Waals surface area contributed by atoms with E-state index in [-0.39, 0.29) is 24.1 Å². The van der Waals surface area contributed by atoms with E-state index in [1.165, 1.54) is 0 Å². The second kappa shape index (κ2) is 8.07. The molecule has 27 heavy (non-hydrogen) atoms. The molecule has 6 heteroatoms. The molecular weight excluding hydrogens is 383 g/mol. The highest BCUT2D eigenvalue weighted by Gasteiger charge is 2.43. The van der Waals surface area contributed by atoms with E-state index in [9.17, 15) is 4.79 Å². The predicted octanol–water partition coefficient (Wildman–Crippen LogP) is 4.92. The summed E-state index contributed by atoms with van der Waals surface area (Å²) in [5, 5.41) is 1.26. The molecule has 2 fully saturated rings. The molecule has 1 aromatic carbocycles. The molecule has 1 aromatic heterocycles. The molecular formula is C21H22Cl2N2O2. The zero-order chi connectivity index (χ0) is 18.8. The summed E-state index contributed by atoms with van der Waals surface area (Å²) < 4.78 is 6.11. The number of hydrogen-bond acceptors (Lipinski definition) is 3. The summed E-state index contributed by atoms with van der Waals surface area (Å²) in [4.78, 5) is 19.0. The molecule has 1 amide bonds. The first kappa shape index (κ1) is 18.6. The van der Waals surface area contributed by atoms with Crippen LogP contribution in [0.3, 0.4) is 0 Å². The Morgan fingerprint density at radius 1 is 1.07 bits per heavy atom. The molecule has 2 atom stereocenters. The normalized spacial score (nSPS) is 24.1. The molecule has 2 aliphatic heterocycles. The van der Waals surface area contributed by atoms with Gasteiger partial charge in [0.05, 0.1) is 0 Å². The first-order valence-electron chi connectivity index (χ1n) is 9.42. The van der Waals surface area contributed by atoms with Crippen LogP contribution in [-0.2, 0) is 11.2 Å². The first-order valence-corrected chi connectivity index (χ1v) is 10.2. The van der Waals surface area contributed by atoms with E-state index in [0.29, 0.717) is 22.9 Å². The van der Waals surface area contributed by atoms with Crippen LogP contribution >= 0.6 is 23.2 Å². The van der Waals surface area contributed by atoms with E-state index in [1.807, 2.05) is 30.3 Å². The SMILES string of the molecule is O=C(CCc1c(Cl)cccc1Cl)N1[C@H]2CC[C@H]1CC(Oc1ccncc1)C2. The third-order valence-corrected chi connectivity index (χ3v) is 6.29. The predicted molar refractivity (Wildman–Crippen MR) is 106 cm³/mol. The molecule has 0 spiro atoms. The van der Waals surface area contributed by atoms with E-state index in [0.717, 1.165) is 37.0 Å². The Labute approximate surface area is 169 Å². The number of aromatic nitrogens is 1. The number of benzene rings is 1. The Kier molecular flexibility index (Phi) is 5.55. The number of halogens is 2. The molecule has 2 aliphatic rings. The number of ether oxygens (including phenoxy) is 1. The number of piperidine rings is 1. The minimum Gasteiger partial charge on any atom is -0.490 e. The van der Waals surface area contributed by atoms with Gasteiger partial charge in [-0.25, -0.2) is 0 Å². The standard InChI is InChI=1S/C21H22Cl2N2O2/c22-19-2-1-3-20(23)18(19)6-7-21(26)25-14-4-5-15(25)13-17(12-14)27-16-8-10-24-11-9-16/h1-3,8-11,14-15,17H,4-7,12-13H2/t14-,15-/m0/s1. The van der Waals surface area contributed by atoms with Crippen LogP contribution in [-0.4, -0.2) is 34.0 Å². The number of nitrogens with zero attached hydrogens (tertiary/aromatic N) is 2. The third kappa shape index (κ3) is 4.07. The molecule has 0 N–H and O–H groups in total. The maximum absolute atomic E-state index is 12.9. The van der Waals surface area contributed by atoms with Crippen molar-refractivity contribution >= 4 is 29.1 Å². The number of carbonyl (C=O) groups excluding carboxylic acids is 1. The Bertz CT molecular complexity index is 781. The van der Waals surface area contributed by atoms with Crippen molar-refractivity contribution in [1.29, 1.82) is 0 Å². The monoisotopic (exact) mass is 404 g/mol. The second-order valence-electron chi connectivity index (χ2n) is 7.28. The molecule has 0 radical (unpaired) electrons. The van der Waals surface area contributed by atoms with Gasteiger partial charge in [0, 0.05) is 53.8 Å². The Balaban J connectivity index is 1.37. The summed E-state index contributed by atoms with van der Waals surface area (Å²) in [7, 11) is 0. The van der Waals surface area contributed by atoms with Gasteiger partial charge in [-0.3, -0.25) is 9.78 Å². The number of fused-ring (bicyclic) bond motifs is 2. The van der Waals surface area contributed by atoms with Crippen LogP contribution in [0.25, 0.3) is 0 Å². The fourth-order valence-electron chi connectivity index (χ4n) is 4.37. The number of pyridine rings is 1. The smallest absolute Gasteiger partial charge is 0.223 e. The lowest BCUT2D eigenvalue weighted by Gasteiger charge is -2.39. The van der Waals surface area contributed by atoms with Crippen LogP contribution in [0.15, 0.2) is 42.7 Å². The third-order valence-electron chi connectivity index (χ3n) is 5.58. The molecule has 3 heterocycles. The van der Waals surface area contributed by atoms with Crippen LogP contribution < -0.4 is 4.74 Å². The van der Waals surface area contributed by atoms with Crippen LogP contribution in [0.2, 0.25) is 10.0 Å². The molecule has 4 rings (SSSR count). The van der Waals surface area contributed by atoms with E-state index in [2.05, 4.69) is 9.88 Å². The van der Waals surface area contributed by atoms with Crippen molar-refractivity contribution in [2.45, 2.75) is 56.7 Å². The molecule has 2 aromatic rings. The van der Waals surface area contributed by atoms with Gasteiger partial charge in [0.25, 0.3) is 0 Å². The molecule has 0 aliphatic carbocycles. The van der Waals surface area contributed by atoms with Crippen molar-refractivity contribution in [1.82, 2.24) is 9.88 Å². The van der Waals surface area contributed by atoms with Crippen molar-refractivity contribution < 1.29 is 9.53 Å². The second-order valence-corrected chi connectivity index (χ2v) is 8.09. The van der Waals surface area contributed by atoms with Gasteiger partial charge >= 0.3 is 0 Å². The maximum Gasteiger partial charge on any atom is 0.223 e. The van der Waals surface area contributed by atoms with Gasteiger partial charge in [-0.1, -0.05) is 29.3 Å². The molecule has 0 unspecified atom stereocenters. The van der Waals surface area contributed by atoms with Gasteiger partial charge in [0.1, 0.15) is 11.9 Å². The topological polar surface area (TPSA) is 42.4 Å². The van der Waals surface area contributed by atoms with Gasteiger partial charge in [0.15, 0.2) is 0 Å². The van der Waals surface area contributed by atoms with Crippen molar-refractivity contribution in [3.8, 4) is 5.75 Å². The van der Waals surface area contributed by atoms with Gasteiger partial charge in [0.2, 0.25) is 5.91 Å². The van der Waals surface area contributed by atoms with Gasteiger partial charge in [-0.15, -0.1) is 0 Å².